The van der Waals surface area contributed by atoms with E-state index in [0.717, 1.165) is 44.6 Å². The van der Waals surface area contributed by atoms with Crippen LogP contribution in [0.5, 0.6) is 17.4 Å². The molecule has 1 aromatic heterocycles. The van der Waals surface area contributed by atoms with E-state index in [-0.39, 0.29) is 29.1 Å². The quantitative estimate of drug-likeness (QED) is 0.446. The van der Waals surface area contributed by atoms with Crippen LogP contribution >= 0.6 is 15.9 Å². The van der Waals surface area contributed by atoms with Gasteiger partial charge in [-0.1, -0.05) is 12.1 Å². The van der Waals surface area contributed by atoms with Gasteiger partial charge in [0.1, 0.15) is 17.3 Å². The van der Waals surface area contributed by atoms with E-state index in [2.05, 4.69) is 43.2 Å². The van der Waals surface area contributed by atoms with Gasteiger partial charge in [-0.05, 0) is 47.4 Å². The molecule has 9 nitrogen and oxygen atoms in total. The lowest BCUT2D eigenvalue weighted by Crippen LogP contribution is -2.44. The van der Waals surface area contributed by atoms with E-state index in [4.69, 9.17) is 9.47 Å². The first-order valence-electron chi connectivity index (χ1n) is 12.5. The molecule has 3 aromatic rings. The minimum absolute atomic E-state index is 0.0581. The van der Waals surface area contributed by atoms with Crippen molar-refractivity contribution in [3.63, 3.8) is 0 Å². The van der Waals surface area contributed by atoms with Gasteiger partial charge in [0.15, 0.2) is 0 Å². The van der Waals surface area contributed by atoms with Crippen molar-refractivity contribution >= 4 is 39.2 Å². The summed E-state index contributed by atoms with van der Waals surface area (Å²) in [4.78, 5) is 27.9. The molecule has 1 saturated carbocycles. The molecule has 0 atom stereocenters. The van der Waals surface area contributed by atoms with Crippen molar-refractivity contribution in [2.75, 3.05) is 57.6 Å². The zero-order valence-electron chi connectivity index (χ0n) is 21.4. The summed E-state index contributed by atoms with van der Waals surface area (Å²) in [5.41, 5.74) is 2.24. The van der Waals surface area contributed by atoms with Gasteiger partial charge in [0.2, 0.25) is 11.8 Å². The highest BCUT2D eigenvalue weighted by molar-refractivity contribution is 9.10. The number of methoxy groups -OCH3 is 1. The second-order valence-electron chi connectivity index (χ2n) is 9.94. The first-order chi connectivity index (χ1) is 18.3. The van der Waals surface area contributed by atoms with Crippen molar-refractivity contribution in [3.05, 3.63) is 57.9 Å². The van der Waals surface area contributed by atoms with Gasteiger partial charge < -0.3 is 29.5 Å². The highest BCUT2D eigenvalue weighted by atomic mass is 79.9. The number of benzene rings is 2. The number of halogens is 2. The monoisotopic (exact) mass is 582 g/mol. The number of likely N-dealkylation sites (N-methyl/N-ethyl adjacent to an activating group) is 1. The second kappa shape index (κ2) is 9.39. The van der Waals surface area contributed by atoms with E-state index < -0.39 is 0 Å². The Morgan fingerprint density at radius 1 is 1.11 bits per heavy atom. The predicted molar refractivity (Wildman–Crippen MR) is 145 cm³/mol. The maximum atomic E-state index is 15.2. The van der Waals surface area contributed by atoms with Crippen LogP contribution in [0.4, 0.5) is 21.7 Å². The normalized spacial score (nSPS) is 18.1. The summed E-state index contributed by atoms with van der Waals surface area (Å²) in [6.45, 7) is 3.21. The molecular formula is C27H28BrFN6O3. The molecule has 11 heteroatoms. The van der Waals surface area contributed by atoms with Crippen LogP contribution < -0.4 is 19.7 Å². The number of ether oxygens (including phenoxy) is 2. The maximum Gasteiger partial charge on any atom is 0.258 e. The molecular weight excluding hydrogens is 555 g/mol. The second-order valence-corrected chi connectivity index (χ2v) is 10.8. The number of hydrogen-bond acceptors (Lipinski definition) is 8. The van der Waals surface area contributed by atoms with Crippen molar-refractivity contribution in [1.82, 2.24) is 19.8 Å². The van der Waals surface area contributed by atoms with Crippen LogP contribution in [0.2, 0.25) is 0 Å². The van der Waals surface area contributed by atoms with Crippen molar-refractivity contribution in [2.24, 2.45) is 0 Å². The average Bonchev–Trinajstić information content (AvgIpc) is 3.69. The third-order valence-corrected chi connectivity index (χ3v) is 8.23. The number of nitrogens with zero attached hydrogens (tertiary/aromatic N) is 5. The smallest absolute Gasteiger partial charge is 0.258 e. The molecule has 3 aliphatic rings. The molecule has 0 bridgehead atoms. The van der Waals surface area contributed by atoms with Crippen molar-refractivity contribution in [1.29, 1.82) is 0 Å². The topological polar surface area (TPSA) is 83.1 Å². The highest BCUT2D eigenvalue weighted by Gasteiger charge is 2.57. The minimum Gasteiger partial charge on any atom is -0.494 e. The Bertz CT molecular complexity index is 1420. The van der Waals surface area contributed by atoms with Crippen LogP contribution in [0.1, 0.15) is 28.8 Å². The summed E-state index contributed by atoms with van der Waals surface area (Å²) >= 11 is 3.45. The number of piperazine rings is 1. The summed E-state index contributed by atoms with van der Waals surface area (Å²) < 4.78 is 27.4. The maximum absolute atomic E-state index is 15.2. The van der Waals surface area contributed by atoms with Gasteiger partial charge in [0.05, 0.1) is 40.3 Å². The SMILES string of the molecule is COc1cc(N2CCN(C)CC2)c(F)cc1Nc1ncc(Br)c(Oc2cccc3c2C(=O)N(C)C32CC2)n1. The number of hydrogen-bond donors (Lipinski definition) is 1. The standard InChI is InChI=1S/C27H28BrFN6O3/c1-33-9-11-35(12-10-33)20-14-22(37-3)19(13-18(20)29)31-26-30-15-17(28)24(32-26)38-21-6-4-5-16-23(21)25(36)34(2)27(16)7-8-27/h4-6,13-15H,7-12H2,1-3H3,(H,30,31,32). The first kappa shape index (κ1) is 24.9. The van der Waals surface area contributed by atoms with Crippen LogP contribution in [-0.2, 0) is 5.54 Å². The van der Waals surface area contributed by atoms with Crippen molar-refractivity contribution < 1.29 is 18.7 Å². The molecule has 1 saturated heterocycles. The molecule has 1 N–H and O–H groups in total. The zero-order valence-corrected chi connectivity index (χ0v) is 23.0. The number of carbonyl (C=O) groups is 1. The van der Waals surface area contributed by atoms with Gasteiger partial charge in [-0.25, -0.2) is 9.37 Å². The Hall–Kier alpha value is -3.44. The Balaban J connectivity index is 1.27. The number of nitrogens with one attached hydrogen (secondary N) is 1. The Morgan fingerprint density at radius 3 is 2.58 bits per heavy atom. The van der Waals surface area contributed by atoms with Crippen LogP contribution in [0, 0.1) is 5.82 Å². The fraction of sp³-hybridized carbons (Fsp3) is 0.370. The number of carbonyl (C=O) groups excluding carboxylic acids is 1. The summed E-state index contributed by atoms with van der Waals surface area (Å²) in [5.74, 6) is 0.923. The van der Waals surface area contributed by atoms with Gasteiger partial charge in [0.25, 0.3) is 5.91 Å². The van der Waals surface area contributed by atoms with Gasteiger partial charge in [-0.15, -0.1) is 0 Å². The number of fused-ring (bicyclic) bond motifs is 2. The summed E-state index contributed by atoms with van der Waals surface area (Å²) in [5, 5.41) is 3.06. The minimum atomic E-state index is -0.358. The number of rotatable bonds is 6. The van der Waals surface area contributed by atoms with E-state index in [1.807, 2.05) is 24.1 Å². The van der Waals surface area contributed by atoms with Crippen LogP contribution in [-0.4, -0.2) is 73.1 Å². The lowest BCUT2D eigenvalue weighted by Gasteiger charge is -2.34. The van der Waals surface area contributed by atoms with E-state index in [9.17, 15) is 4.79 Å². The molecule has 2 fully saturated rings. The first-order valence-corrected chi connectivity index (χ1v) is 13.3. The van der Waals surface area contributed by atoms with E-state index in [1.54, 1.807) is 30.3 Å². The van der Waals surface area contributed by atoms with Gasteiger partial charge >= 0.3 is 0 Å². The third kappa shape index (κ3) is 4.14. The Labute approximate surface area is 228 Å². The number of aromatic nitrogens is 2. The molecule has 0 unspecified atom stereocenters. The molecule has 1 spiro atoms. The molecule has 0 radical (unpaired) electrons. The lowest BCUT2D eigenvalue weighted by atomic mass is 10.0. The molecule has 2 aliphatic heterocycles. The molecule has 1 aliphatic carbocycles. The summed E-state index contributed by atoms with van der Waals surface area (Å²) in [7, 11) is 5.44. The van der Waals surface area contributed by atoms with E-state index in [0.29, 0.717) is 32.9 Å². The van der Waals surface area contributed by atoms with Crippen molar-refractivity contribution in [3.8, 4) is 17.4 Å². The van der Waals surface area contributed by atoms with Gasteiger partial charge in [-0.2, -0.15) is 4.98 Å². The zero-order chi connectivity index (χ0) is 26.6. The largest absolute Gasteiger partial charge is 0.494 e. The van der Waals surface area contributed by atoms with Crippen LogP contribution in [0.15, 0.2) is 41.0 Å². The van der Waals surface area contributed by atoms with E-state index in [1.165, 1.54) is 6.07 Å². The van der Waals surface area contributed by atoms with Crippen molar-refractivity contribution in [2.45, 2.75) is 18.4 Å². The molecule has 2 aromatic carbocycles. The Kier molecular flexibility index (Phi) is 6.14. The number of amides is 1. The predicted octanol–water partition coefficient (Wildman–Crippen LogP) is 4.75. The Morgan fingerprint density at radius 2 is 1.87 bits per heavy atom. The average molecular weight is 583 g/mol. The fourth-order valence-corrected chi connectivity index (χ4v) is 5.57. The molecule has 1 amide bonds. The molecule has 38 heavy (non-hydrogen) atoms. The van der Waals surface area contributed by atoms with Gasteiger partial charge in [-0.3, -0.25) is 4.79 Å². The fourth-order valence-electron chi connectivity index (χ4n) is 5.30. The summed E-state index contributed by atoms with van der Waals surface area (Å²) in [6, 6.07) is 8.74. The van der Waals surface area contributed by atoms with Crippen LogP contribution in [0.3, 0.4) is 0 Å². The number of anilines is 3. The van der Waals surface area contributed by atoms with E-state index >= 15 is 4.39 Å². The van der Waals surface area contributed by atoms with Crippen LogP contribution in [0.25, 0.3) is 0 Å². The molecule has 3 heterocycles. The molecule has 198 valence electrons. The highest BCUT2D eigenvalue weighted by Crippen LogP contribution is 2.57. The third-order valence-electron chi connectivity index (χ3n) is 7.69. The van der Waals surface area contributed by atoms with Gasteiger partial charge in [0, 0.05) is 45.4 Å². The lowest BCUT2D eigenvalue weighted by molar-refractivity contribution is 0.0753. The molecule has 6 rings (SSSR count). The summed E-state index contributed by atoms with van der Waals surface area (Å²) in [6.07, 6.45) is 3.44.